The Hall–Kier alpha value is -2.16. The summed E-state index contributed by atoms with van der Waals surface area (Å²) in [6.07, 6.45) is 0.731. The highest BCUT2D eigenvalue weighted by Gasteiger charge is 2.41. The number of benzene rings is 2. The molecule has 3 rings (SSSR count). The van der Waals surface area contributed by atoms with Gasteiger partial charge < -0.3 is 5.32 Å². The smallest absolute Gasteiger partial charge is 0.227 e. The van der Waals surface area contributed by atoms with Gasteiger partial charge in [-0.15, -0.1) is 0 Å². The highest BCUT2D eigenvalue weighted by molar-refractivity contribution is 5.85. The van der Waals surface area contributed by atoms with Gasteiger partial charge in [-0.3, -0.25) is 4.79 Å². The first-order valence-corrected chi connectivity index (χ1v) is 7.60. The molecule has 22 heavy (non-hydrogen) atoms. The number of rotatable bonds is 2. The molecule has 1 aliphatic rings. The average Bonchev–Trinajstić information content (AvgIpc) is 2.49. The third kappa shape index (κ3) is 2.76. The maximum Gasteiger partial charge on any atom is 0.227 e. The number of halogens is 1. The van der Waals surface area contributed by atoms with Crippen LogP contribution >= 0.6 is 0 Å². The topological polar surface area (TPSA) is 29.1 Å². The van der Waals surface area contributed by atoms with Crippen molar-refractivity contribution in [3.05, 3.63) is 71.5 Å². The van der Waals surface area contributed by atoms with E-state index in [9.17, 15) is 9.18 Å². The van der Waals surface area contributed by atoms with Crippen molar-refractivity contribution in [3.8, 4) is 0 Å². The molecule has 0 saturated carbocycles. The highest BCUT2D eigenvalue weighted by atomic mass is 19.1. The predicted octanol–water partition coefficient (Wildman–Crippen LogP) is 3.99. The quantitative estimate of drug-likeness (QED) is 0.892. The Morgan fingerprint density at radius 2 is 1.64 bits per heavy atom. The first kappa shape index (κ1) is 14.8. The van der Waals surface area contributed by atoms with Gasteiger partial charge in [0.05, 0.1) is 5.92 Å². The summed E-state index contributed by atoms with van der Waals surface area (Å²) in [5.41, 5.74) is 1.75. The van der Waals surface area contributed by atoms with Gasteiger partial charge in [-0.25, -0.2) is 4.39 Å². The van der Waals surface area contributed by atoms with E-state index in [1.165, 1.54) is 12.1 Å². The first-order valence-electron chi connectivity index (χ1n) is 7.60. The van der Waals surface area contributed by atoms with Gasteiger partial charge in [0.15, 0.2) is 0 Å². The van der Waals surface area contributed by atoms with Crippen LogP contribution in [0.2, 0.25) is 0 Å². The second-order valence-corrected chi connectivity index (χ2v) is 6.51. The molecule has 0 bridgehead atoms. The molecule has 1 N–H and O–H groups in total. The van der Waals surface area contributed by atoms with Crippen molar-refractivity contribution in [1.29, 1.82) is 0 Å². The Morgan fingerprint density at radius 1 is 1.00 bits per heavy atom. The van der Waals surface area contributed by atoms with Gasteiger partial charge in [0.2, 0.25) is 5.91 Å². The third-order valence-corrected chi connectivity index (χ3v) is 4.58. The lowest BCUT2D eigenvalue weighted by atomic mass is 9.71. The molecule has 1 heterocycles. The van der Waals surface area contributed by atoms with E-state index >= 15 is 0 Å². The molecule has 0 spiro atoms. The lowest BCUT2D eigenvalue weighted by molar-refractivity contribution is -0.127. The zero-order chi connectivity index (χ0) is 15.7. The fourth-order valence-electron chi connectivity index (χ4n) is 3.35. The van der Waals surface area contributed by atoms with E-state index in [4.69, 9.17) is 0 Å². The van der Waals surface area contributed by atoms with Gasteiger partial charge in [0.25, 0.3) is 0 Å². The van der Waals surface area contributed by atoms with Crippen LogP contribution in [0.25, 0.3) is 0 Å². The van der Waals surface area contributed by atoms with Gasteiger partial charge in [-0.2, -0.15) is 0 Å². The maximum atomic E-state index is 13.2. The van der Waals surface area contributed by atoms with Gasteiger partial charge in [-0.05, 0) is 43.5 Å². The fraction of sp³-hybridized carbons (Fsp3) is 0.316. The van der Waals surface area contributed by atoms with Crippen molar-refractivity contribution in [2.24, 2.45) is 0 Å². The monoisotopic (exact) mass is 297 g/mol. The molecule has 0 radical (unpaired) electrons. The van der Waals surface area contributed by atoms with E-state index in [2.05, 4.69) is 5.32 Å². The molecule has 2 nitrogen and oxygen atoms in total. The zero-order valence-electron chi connectivity index (χ0n) is 12.8. The molecular weight excluding hydrogens is 277 g/mol. The van der Waals surface area contributed by atoms with Gasteiger partial charge in [-0.1, -0.05) is 42.5 Å². The number of piperidine rings is 1. The number of hydrogen-bond donors (Lipinski definition) is 1. The average molecular weight is 297 g/mol. The molecule has 1 fully saturated rings. The SMILES string of the molecule is CC1(C)NC(=O)[C@@H](c2ccccc2)C[C@H]1c1ccc(F)cc1. The number of hydrogen-bond acceptors (Lipinski definition) is 1. The highest BCUT2D eigenvalue weighted by Crippen LogP contribution is 2.41. The van der Waals surface area contributed by atoms with Crippen LogP contribution in [-0.4, -0.2) is 11.4 Å². The Morgan fingerprint density at radius 3 is 2.27 bits per heavy atom. The summed E-state index contributed by atoms with van der Waals surface area (Å²) in [6.45, 7) is 4.06. The number of nitrogens with one attached hydrogen (secondary N) is 1. The molecular formula is C19H20FNO. The Kier molecular flexibility index (Phi) is 3.73. The molecule has 3 heteroatoms. The van der Waals surface area contributed by atoms with Crippen LogP contribution < -0.4 is 5.32 Å². The summed E-state index contributed by atoms with van der Waals surface area (Å²) in [7, 11) is 0. The van der Waals surface area contributed by atoms with Crippen LogP contribution in [-0.2, 0) is 4.79 Å². The fourth-order valence-corrected chi connectivity index (χ4v) is 3.35. The second kappa shape index (κ2) is 5.56. The van der Waals surface area contributed by atoms with Crippen molar-refractivity contribution in [3.63, 3.8) is 0 Å². The van der Waals surface area contributed by atoms with Crippen molar-refractivity contribution < 1.29 is 9.18 Å². The second-order valence-electron chi connectivity index (χ2n) is 6.51. The molecule has 1 saturated heterocycles. The van der Waals surface area contributed by atoms with Gasteiger partial charge >= 0.3 is 0 Å². The maximum absolute atomic E-state index is 13.2. The molecule has 0 unspecified atom stereocenters. The molecule has 2 aromatic carbocycles. The molecule has 114 valence electrons. The minimum atomic E-state index is -0.347. The normalized spacial score (nSPS) is 23.9. The lowest BCUT2D eigenvalue weighted by Crippen LogP contribution is -2.54. The lowest BCUT2D eigenvalue weighted by Gasteiger charge is -2.43. The van der Waals surface area contributed by atoms with E-state index < -0.39 is 0 Å². The van der Waals surface area contributed by atoms with Crippen molar-refractivity contribution >= 4 is 5.91 Å². The molecule has 0 aromatic heterocycles. The standard InChI is InChI=1S/C19H20FNO/c1-19(2)17(14-8-10-15(20)11-9-14)12-16(18(22)21-19)13-6-4-3-5-7-13/h3-11,16-17H,12H2,1-2H3,(H,21,22)/t16-,17+/m1/s1. The summed E-state index contributed by atoms with van der Waals surface area (Å²) in [4.78, 5) is 12.5. The van der Waals surface area contributed by atoms with E-state index in [0.717, 1.165) is 17.5 Å². The largest absolute Gasteiger partial charge is 0.350 e. The van der Waals surface area contributed by atoms with E-state index in [1.54, 1.807) is 0 Å². The molecule has 2 atom stereocenters. The first-order chi connectivity index (χ1) is 10.5. The van der Waals surface area contributed by atoms with Gasteiger partial charge in [0, 0.05) is 11.5 Å². The van der Waals surface area contributed by atoms with E-state index in [0.29, 0.717) is 0 Å². The van der Waals surface area contributed by atoms with E-state index in [1.807, 2.05) is 56.3 Å². The van der Waals surface area contributed by atoms with Crippen LogP contribution in [0.5, 0.6) is 0 Å². The molecule has 1 aliphatic heterocycles. The molecule has 2 aromatic rings. The van der Waals surface area contributed by atoms with Crippen LogP contribution in [0.15, 0.2) is 54.6 Å². The summed E-state index contributed by atoms with van der Waals surface area (Å²) in [5.74, 6) is -0.184. The minimum absolute atomic E-state index is 0.0644. The van der Waals surface area contributed by atoms with Crippen LogP contribution in [0.4, 0.5) is 4.39 Å². The number of amides is 1. The van der Waals surface area contributed by atoms with Crippen molar-refractivity contribution in [2.75, 3.05) is 0 Å². The van der Waals surface area contributed by atoms with Crippen LogP contribution in [0, 0.1) is 5.82 Å². The Bertz CT molecular complexity index is 664. The molecule has 1 amide bonds. The Balaban J connectivity index is 1.94. The van der Waals surface area contributed by atoms with Crippen molar-refractivity contribution in [1.82, 2.24) is 5.32 Å². The predicted molar refractivity (Wildman–Crippen MR) is 85.2 cm³/mol. The zero-order valence-corrected chi connectivity index (χ0v) is 12.8. The van der Waals surface area contributed by atoms with Gasteiger partial charge in [0.1, 0.15) is 5.82 Å². The van der Waals surface area contributed by atoms with Crippen LogP contribution in [0.1, 0.15) is 43.2 Å². The van der Waals surface area contributed by atoms with E-state index in [-0.39, 0.29) is 29.1 Å². The minimum Gasteiger partial charge on any atom is -0.350 e. The number of carbonyl (C=O) groups excluding carboxylic acids is 1. The van der Waals surface area contributed by atoms with Crippen LogP contribution in [0.3, 0.4) is 0 Å². The summed E-state index contributed by atoms with van der Waals surface area (Å²) in [5, 5.41) is 3.13. The van der Waals surface area contributed by atoms with Crippen molar-refractivity contribution in [2.45, 2.75) is 37.6 Å². The summed E-state index contributed by atoms with van der Waals surface area (Å²) in [6, 6.07) is 16.5. The molecule has 0 aliphatic carbocycles. The number of carbonyl (C=O) groups is 1. The third-order valence-electron chi connectivity index (χ3n) is 4.58. The summed E-state index contributed by atoms with van der Waals surface area (Å²) < 4.78 is 13.2. The summed E-state index contributed by atoms with van der Waals surface area (Å²) >= 11 is 0. The Labute approximate surface area is 130 Å².